The molecule has 4 saturated carbocycles. The predicted octanol–water partition coefficient (Wildman–Crippen LogP) is 5.35. The zero-order valence-electron chi connectivity index (χ0n) is 17.8. The zero-order chi connectivity index (χ0) is 19.4. The molecule has 7 atom stereocenters. The van der Waals surface area contributed by atoms with Crippen LogP contribution in [0.15, 0.2) is 0 Å². The summed E-state index contributed by atoms with van der Waals surface area (Å²) in [5, 5.41) is 0. The fraction of sp³-hybridized carbons (Fsp3) is 0.917. The molecule has 0 aromatic carbocycles. The summed E-state index contributed by atoms with van der Waals surface area (Å²) in [7, 11) is 0. The molecule has 4 rings (SSSR count). The Balaban J connectivity index is 1.57. The number of carbonyl (C=O) groups excluding carboxylic acids is 2. The summed E-state index contributed by atoms with van der Waals surface area (Å²) in [4.78, 5) is 25.1. The van der Waals surface area contributed by atoms with E-state index in [1.165, 1.54) is 19.3 Å². The second-order valence-corrected chi connectivity index (χ2v) is 10.7. The average molecular weight is 375 g/mol. The molecule has 0 N–H and O–H groups in total. The number of hydrogen-bond donors (Lipinski definition) is 0. The first-order chi connectivity index (χ1) is 12.8. The molecule has 152 valence electrons. The summed E-state index contributed by atoms with van der Waals surface area (Å²) in [6.07, 6.45) is 10.6. The summed E-state index contributed by atoms with van der Waals surface area (Å²) < 4.78 is 6.22. The van der Waals surface area contributed by atoms with E-state index in [2.05, 4.69) is 20.8 Å². The quantitative estimate of drug-likeness (QED) is 0.666. The van der Waals surface area contributed by atoms with Gasteiger partial charge < -0.3 is 4.74 Å². The maximum absolute atomic E-state index is 12.6. The number of ether oxygens (including phenoxy) is 1. The zero-order valence-corrected chi connectivity index (χ0v) is 17.8. The van der Waals surface area contributed by atoms with Crippen LogP contribution in [0.5, 0.6) is 0 Å². The molecule has 0 unspecified atom stereocenters. The Kier molecular flexibility index (Phi) is 4.85. The Morgan fingerprint density at radius 2 is 1.85 bits per heavy atom. The van der Waals surface area contributed by atoms with Crippen molar-refractivity contribution in [3.8, 4) is 0 Å². The highest BCUT2D eigenvalue weighted by Gasteiger charge is 2.62. The van der Waals surface area contributed by atoms with Crippen LogP contribution < -0.4 is 0 Å². The van der Waals surface area contributed by atoms with E-state index < -0.39 is 5.60 Å². The number of rotatable bonds is 4. The van der Waals surface area contributed by atoms with Crippen molar-refractivity contribution >= 4 is 11.6 Å². The van der Waals surface area contributed by atoms with E-state index in [1.54, 1.807) is 6.92 Å². The van der Waals surface area contributed by atoms with Gasteiger partial charge in [-0.3, -0.25) is 9.59 Å². The van der Waals surface area contributed by atoms with Crippen LogP contribution >= 0.6 is 0 Å². The molecular formula is C24H38O3. The van der Waals surface area contributed by atoms with Crippen molar-refractivity contribution in [2.45, 2.75) is 97.5 Å². The Morgan fingerprint density at radius 1 is 1.07 bits per heavy atom. The van der Waals surface area contributed by atoms with Crippen LogP contribution in [0.1, 0.15) is 91.9 Å². The molecule has 3 heteroatoms. The lowest BCUT2D eigenvalue weighted by molar-refractivity contribution is -0.176. The fourth-order valence-electron chi connectivity index (χ4n) is 7.85. The maximum Gasteiger partial charge on any atom is 0.161 e. The van der Waals surface area contributed by atoms with E-state index in [-0.39, 0.29) is 11.2 Å². The van der Waals surface area contributed by atoms with Gasteiger partial charge in [-0.1, -0.05) is 20.8 Å². The number of fused-ring (bicyclic) bond motifs is 5. The molecule has 0 aliphatic heterocycles. The van der Waals surface area contributed by atoms with Crippen LogP contribution in [0.2, 0.25) is 0 Å². The molecule has 0 heterocycles. The maximum atomic E-state index is 12.6. The molecule has 27 heavy (non-hydrogen) atoms. The molecular weight excluding hydrogens is 336 g/mol. The van der Waals surface area contributed by atoms with Gasteiger partial charge in [0.1, 0.15) is 11.4 Å². The van der Waals surface area contributed by atoms with Crippen molar-refractivity contribution in [3.63, 3.8) is 0 Å². The largest absolute Gasteiger partial charge is 0.367 e. The monoisotopic (exact) mass is 374 g/mol. The van der Waals surface area contributed by atoms with Gasteiger partial charge in [-0.15, -0.1) is 0 Å². The van der Waals surface area contributed by atoms with Gasteiger partial charge in [0, 0.05) is 18.4 Å². The van der Waals surface area contributed by atoms with Crippen molar-refractivity contribution in [1.82, 2.24) is 0 Å². The summed E-state index contributed by atoms with van der Waals surface area (Å²) in [6.45, 7) is 9.32. The van der Waals surface area contributed by atoms with E-state index in [9.17, 15) is 9.59 Å². The Labute approximate surface area is 165 Å². The van der Waals surface area contributed by atoms with Gasteiger partial charge in [0.15, 0.2) is 5.78 Å². The summed E-state index contributed by atoms with van der Waals surface area (Å²) >= 11 is 0. The van der Waals surface area contributed by atoms with Gasteiger partial charge in [0.25, 0.3) is 0 Å². The molecule has 0 radical (unpaired) electrons. The Hall–Kier alpha value is -0.700. The predicted molar refractivity (Wildman–Crippen MR) is 106 cm³/mol. The first-order valence-corrected chi connectivity index (χ1v) is 11.4. The molecule has 4 aliphatic carbocycles. The normalized spacial score (nSPS) is 49.3. The van der Waals surface area contributed by atoms with Gasteiger partial charge in [0.05, 0.1) is 0 Å². The van der Waals surface area contributed by atoms with Gasteiger partial charge in [-0.25, -0.2) is 0 Å². The molecule has 0 spiro atoms. The number of carbonyl (C=O) groups is 2. The van der Waals surface area contributed by atoms with Crippen molar-refractivity contribution in [2.75, 3.05) is 6.61 Å². The number of ketones is 2. The summed E-state index contributed by atoms with van der Waals surface area (Å²) in [6, 6.07) is 0. The molecule has 0 bridgehead atoms. The second-order valence-electron chi connectivity index (χ2n) is 10.7. The van der Waals surface area contributed by atoms with Gasteiger partial charge >= 0.3 is 0 Å². The van der Waals surface area contributed by atoms with Crippen LogP contribution in [0.3, 0.4) is 0 Å². The lowest BCUT2D eigenvalue weighted by Crippen LogP contribution is -2.57. The third-order valence-corrected chi connectivity index (χ3v) is 9.64. The topological polar surface area (TPSA) is 43.4 Å². The van der Waals surface area contributed by atoms with E-state index in [0.717, 1.165) is 56.8 Å². The van der Waals surface area contributed by atoms with Gasteiger partial charge in [-0.05, 0) is 93.8 Å². The standard InChI is InChI=1S/C24H38O3/c1-5-14-27-24(16(2)25)13-12-22(3)17(15-24)6-7-18-19-8-9-21(26)23(19,4)11-10-20(18)22/h17-20H,5-15H2,1-4H3/t17-,18-,19-,20-,22-,23-,24-/m0/s1. The van der Waals surface area contributed by atoms with Crippen molar-refractivity contribution in [3.05, 3.63) is 0 Å². The van der Waals surface area contributed by atoms with E-state index in [0.29, 0.717) is 29.6 Å². The molecule has 0 aromatic rings. The van der Waals surface area contributed by atoms with Crippen LogP contribution in [-0.2, 0) is 14.3 Å². The third-order valence-electron chi connectivity index (χ3n) is 9.64. The van der Waals surface area contributed by atoms with Crippen LogP contribution in [-0.4, -0.2) is 23.8 Å². The lowest BCUT2D eigenvalue weighted by atomic mass is 9.44. The number of Topliss-reactive ketones (excluding diaryl/α,β-unsaturated/α-hetero) is 2. The first kappa shape index (κ1) is 19.6. The van der Waals surface area contributed by atoms with E-state index in [4.69, 9.17) is 4.74 Å². The highest BCUT2D eigenvalue weighted by Crippen LogP contribution is 2.66. The van der Waals surface area contributed by atoms with E-state index in [1.807, 2.05) is 0 Å². The van der Waals surface area contributed by atoms with Crippen molar-refractivity contribution in [1.29, 1.82) is 0 Å². The van der Waals surface area contributed by atoms with Crippen LogP contribution in [0.25, 0.3) is 0 Å². The minimum absolute atomic E-state index is 0.0353. The highest BCUT2D eigenvalue weighted by molar-refractivity contribution is 5.87. The average Bonchev–Trinajstić information content (AvgIpc) is 2.95. The first-order valence-electron chi connectivity index (χ1n) is 11.4. The summed E-state index contributed by atoms with van der Waals surface area (Å²) in [5.41, 5.74) is -0.240. The summed E-state index contributed by atoms with van der Waals surface area (Å²) in [5.74, 6) is 3.42. The van der Waals surface area contributed by atoms with Crippen LogP contribution in [0.4, 0.5) is 0 Å². The smallest absolute Gasteiger partial charge is 0.161 e. The highest BCUT2D eigenvalue weighted by atomic mass is 16.5. The minimum Gasteiger partial charge on any atom is -0.367 e. The third kappa shape index (κ3) is 2.78. The van der Waals surface area contributed by atoms with Crippen molar-refractivity contribution in [2.24, 2.45) is 34.5 Å². The second kappa shape index (κ2) is 6.68. The molecule has 3 nitrogen and oxygen atoms in total. The molecule has 0 amide bonds. The molecule has 4 aliphatic rings. The van der Waals surface area contributed by atoms with Crippen LogP contribution in [0, 0.1) is 34.5 Å². The fourth-order valence-corrected chi connectivity index (χ4v) is 7.85. The van der Waals surface area contributed by atoms with Gasteiger partial charge in [-0.2, -0.15) is 0 Å². The van der Waals surface area contributed by atoms with E-state index >= 15 is 0 Å². The Bertz CT molecular complexity index is 627. The molecule has 4 fully saturated rings. The van der Waals surface area contributed by atoms with Gasteiger partial charge in [0.2, 0.25) is 0 Å². The van der Waals surface area contributed by atoms with Crippen molar-refractivity contribution < 1.29 is 14.3 Å². The number of hydrogen-bond acceptors (Lipinski definition) is 3. The molecule has 0 aromatic heterocycles. The Morgan fingerprint density at radius 3 is 2.56 bits per heavy atom. The lowest BCUT2D eigenvalue weighted by Gasteiger charge is -2.61. The molecule has 0 saturated heterocycles. The minimum atomic E-state index is -0.528. The SMILES string of the molecule is CCCO[C@@]1(C(C)=O)CC[C@@]2(C)[C@@H](CC[C@@H]3[C@@H]2CC[C@]2(C)C(=O)CC[C@@H]32)C1.